The molecule has 0 aromatic heterocycles. The molecule has 0 rings (SSSR count). The van der Waals surface area contributed by atoms with E-state index < -0.39 is 5.83 Å². The van der Waals surface area contributed by atoms with E-state index in [9.17, 15) is 4.39 Å². The number of halogens is 2. The van der Waals surface area contributed by atoms with Crippen LogP contribution in [0.2, 0.25) is 0 Å². The summed E-state index contributed by atoms with van der Waals surface area (Å²) in [6, 6.07) is 0. The summed E-state index contributed by atoms with van der Waals surface area (Å²) in [5.41, 5.74) is 5.70. The lowest BCUT2D eigenvalue weighted by Crippen LogP contribution is -1.89. The molecule has 0 saturated carbocycles. The number of allylic oxidation sites excluding steroid dienone is 4. The molecule has 0 saturated heterocycles. The summed E-state index contributed by atoms with van der Waals surface area (Å²) in [6.45, 7) is 2.92. The fourth-order valence-corrected chi connectivity index (χ4v) is 0.471. The first kappa shape index (κ1) is 8.50. The smallest absolute Gasteiger partial charge is 0.115 e. The second-order valence-electron chi connectivity index (χ2n) is 1.77. The minimum absolute atomic E-state index is 0.0648. The van der Waals surface area contributed by atoms with Gasteiger partial charge in [-0.3, -0.25) is 0 Å². The SMILES string of the molecule is C/C(F)=C(Cl)\C=C(/C)N. The summed E-state index contributed by atoms with van der Waals surface area (Å²) in [7, 11) is 0. The molecule has 0 fully saturated rings. The van der Waals surface area contributed by atoms with E-state index >= 15 is 0 Å². The van der Waals surface area contributed by atoms with E-state index in [2.05, 4.69) is 0 Å². The van der Waals surface area contributed by atoms with Crippen molar-refractivity contribution in [2.75, 3.05) is 0 Å². The Hall–Kier alpha value is -0.500. The summed E-state index contributed by atoms with van der Waals surface area (Å²) < 4.78 is 12.1. The van der Waals surface area contributed by atoms with Gasteiger partial charge in [0.15, 0.2) is 0 Å². The van der Waals surface area contributed by atoms with Gasteiger partial charge >= 0.3 is 0 Å². The Balaban J connectivity index is 4.25. The van der Waals surface area contributed by atoms with Crippen molar-refractivity contribution in [3.05, 3.63) is 22.6 Å². The lowest BCUT2D eigenvalue weighted by molar-refractivity contribution is 0.637. The molecule has 0 atom stereocenters. The second kappa shape index (κ2) is 3.51. The van der Waals surface area contributed by atoms with Gasteiger partial charge in [-0.05, 0) is 19.9 Å². The fourth-order valence-electron chi connectivity index (χ4n) is 0.299. The van der Waals surface area contributed by atoms with E-state index in [1.165, 1.54) is 13.0 Å². The predicted octanol–water partition coefficient (Wildman–Crippen LogP) is 2.29. The van der Waals surface area contributed by atoms with Crippen molar-refractivity contribution in [3.8, 4) is 0 Å². The minimum atomic E-state index is -0.415. The average molecular weight is 150 g/mol. The van der Waals surface area contributed by atoms with Gasteiger partial charge in [0.1, 0.15) is 5.83 Å². The Bertz CT molecular complexity index is 152. The van der Waals surface area contributed by atoms with Crippen LogP contribution in [0.25, 0.3) is 0 Å². The van der Waals surface area contributed by atoms with Crippen LogP contribution in [-0.2, 0) is 0 Å². The number of rotatable bonds is 1. The van der Waals surface area contributed by atoms with Crippen molar-refractivity contribution in [3.63, 3.8) is 0 Å². The zero-order valence-corrected chi connectivity index (χ0v) is 6.17. The molecule has 52 valence electrons. The standard InChI is InChI=1S/C6H9ClFN/c1-4(9)3-6(7)5(2)8/h3H,9H2,1-2H3/b4-3+,6-5-. The van der Waals surface area contributed by atoms with Gasteiger partial charge in [-0.25, -0.2) is 4.39 Å². The Labute approximate surface area is 59.0 Å². The highest BCUT2D eigenvalue weighted by atomic mass is 35.5. The van der Waals surface area contributed by atoms with Crippen molar-refractivity contribution in [1.29, 1.82) is 0 Å². The molecule has 0 spiro atoms. The van der Waals surface area contributed by atoms with Crippen LogP contribution in [-0.4, -0.2) is 0 Å². The molecule has 0 aliphatic carbocycles. The molecule has 2 N–H and O–H groups in total. The predicted molar refractivity (Wildman–Crippen MR) is 37.6 cm³/mol. The first-order chi connectivity index (χ1) is 4.04. The van der Waals surface area contributed by atoms with Crippen LogP contribution in [0.15, 0.2) is 22.6 Å². The maximum atomic E-state index is 12.1. The van der Waals surface area contributed by atoms with E-state index in [1.54, 1.807) is 6.92 Å². The summed E-state index contributed by atoms with van der Waals surface area (Å²) in [5.74, 6) is -0.415. The topological polar surface area (TPSA) is 26.0 Å². The van der Waals surface area contributed by atoms with Gasteiger partial charge in [0.25, 0.3) is 0 Å². The third kappa shape index (κ3) is 4.03. The van der Waals surface area contributed by atoms with Crippen LogP contribution in [0.5, 0.6) is 0 Å². The van der Waals surface area contributed by atoms with Gasteiger partial charge < -0.3 is 5.73 Å². The molecule has 1 nitrogen and oxygen atoms in total. The molecule has 0 amide bonds. The van der Waals surface area contributed by atoms with Crippen LogP contribution < -0.4 is 5.73 Å². The van der Waals surface area contributed by atoms with E-state index in [1.807, 2.05) is 0 Å². The van der Waals surface area contributed by atoms with Crippen LogP contribution in [0, 0.1) is 0 Å². The molecule has 3 heteroatoms. The van der Waals surface area contributed by atoms with E-state index in [0.717, 1.165) is 0 Å². The second-order valence-corrected chi connectivity index (χ2v) is 2.18. The maximum Gasteiger partial charge on any atom is 0.115 e. The Morgan fingerprint density at radius 2 is 2.00 bits per heavy atom. The van der Waals surface area contributed by atoms with Gasteiger partial charge in [-0.2, -0.15) is 0 Å². The van der Waals surface area contributed by atoms with Crippen molar-refractivity contribution >= 4 is 11.6 Å². The highest BCUT2D eigenvalue weighted by molar-refractivity contribution is 6.31. The van der Waals surface area contributed by atoms with Gasteiger partial charge in [-0.1, -0.05) is 11.6 Å². The summed E-state index contributed by atoms with van der Waals surface area (Å²) in [6.07, 6.45) is 1.37. The van der Waals surface area contributed by atoms with Gasteiger partial charge in [-0.15, -0.1) is 0 Å². The highest BCUT2D eigenvalue weighted by Gasteiger charge is 1.91. The van der Waals surface area contributed by atoms with E-state index in [4.69, 9.17) is 17.3 Å². The number of hydrogen-bond donors (Lipinski definition) is 1. The quantitative estimate of drug-likeness (QED) is 0.569. The molecular formula is C6H9ClFN. The van der Waals surface area contributed by atoms with Crippen LogP contribution >= 0.6 is 11.6 Å². The average Bonchev–Trinajstić information content (AvgIpc) is 1.63. The van der Waals surface area contributed by atoms with Gasteiger partial charge in [0.2, 0.25) is 0 Å². The zero-order chi connectivity index (χ0) is 7.44. The molecule has 9 heavy (non-hydrogen) atoms. The zero-order valence-electron chi connectivity index (χ0n) is 5.41. The van der Waals surface area contributed by atoms with Crippen LogP contribution in [0.4, 0.5) is 4.39 Å². The Morgan fingerprint density at radius 1 is 1.56 bits per heavy atom. The molecule has 0 aromatic carbocycles. The van der Waals surface area contributed by atoms with E-state index in [-0.39, 0.29) is 5.03 Å². The number of nitrogens with two attached hydrogens (primary N) is 1. The third-order valence-electron chi connectivity index (χ3n) is 0.683. The molecule has 0 aliphatic heterocycles. The third-order valence-corrected chi connectivity index (χ3v) is 1.05. The van der Waals surface area contributed by atoms with E-state index in [0.29, 0.717) is 5.70 Å². The van der Waals surface area contributed by atoms with Crippen LogP contribution in [0.1, 0.15) is 13.8 Å². The summed E-state index contributed by atoms with van der Waals surface area (Å²) in [4.78, 5) is 0. The Morgan fingerprint density at radius 3 is 2.11 bits per heavy atom. The summed E-state index contributed by atoms with van der Waals surface area (Å²) >= 11 is 5.36. The minimum Gasteiger partial charge on any atom is -0.402 e. The normalized spacial score (nSPS) is 15.3. The van der Waals surface area contributed by atoms with Gasteiger partial charge in [0.05, 0.1) is 5.03 Å². The Kier molecular flexibility index (Phi) is 3.32. The molecule has 0 unspecified atom stereocenters. The van der Waals surface area contributed by atoms with Crippen molar-refractivity contribution in [1.82, 2.24) is 0 Å². The fraction of sp³-hybridized carbons (Fsp3) is 0.333. The van der Waals surface area contributed by atoms with Crippen molar-refractivity contribution in [2.24, 2.45) is 5.73 Å². The van der Waals surface area contributed by atoms with Crippen molar-refractivity contribution in [2.45, 2.75) is 13.8 Å². The lowest BCUT2D eigenvalue weighted by atomic mass is 10.4. The van der Waals surface area contributed by atoms with Crippen molar-refractivity contribution < 1.29 is 4.39 Å². The molecule has 0 aromatic rings. The van der Waals surface area contributed by atoms with Gasteiger partial charge in [0, 0.05) is 5.70 Å². The molecule has 0 radical (unpaired) electrons. The summed E-state index contributed by atoms with van der Waals surface area (Å²) in [5, 5.41) is 0.0648. The monoisotopic (exact) mass is 149 g/mol. The molecule has 0 bridgehead atoms. The lowest BCUT2D eigenvalue weighted by Gasteiger charge is -1.90. The molecular weight excluding hydrogens is 141 g/mol. The maximum absolute atomic E-state index is 12.1. The molecule has 0 aliphatic rings. The molecule has 0 heterocycles. The number of hydrogen-bond acceptors (Lipinski definition) is 1. The highest BCUT2D eigenvalue weighted by Crippen LogP contribution is 2.11. The largest absolute Gasteiger partial charge is 0.402 e. The van der Waals surface area contributed by atoms with Crippen LogP contribution in [0.3, 0.4) is 0 Å². The first-order valence-corrected chi connectivity index (χ1v) is 2.87. The first-order valence-electron chi connectivity index (χ1n) is 2.49.